The van der Waals surface area contributed by atoms with E-state index in [2.05, 4.69) is 6.92 Å². The molecule has 114 valence electrons. The summed E-state index contributed by atoms with van der Waals surface area (Å²) < 4.78 is 5.39. The summed E-state index contributed by atoms with van der Waals surface area (Å²) in [7, 11) is 0. The molecule has 2 atom stereocenters. The van der Waals surface area contributed by atoms with Gasteiger partial charge in [0.2, 0.25) is 5.91 Å². The zero-order valence-corrected chi connectivity index (χ0v) is 12.4. The molecule has 1 amide bonds. The van der Waals surface area contributed by atoms with Gasteiger partial charge in [0.15, 0.2) is 6.10 Å². The number of carboxylic acids is 1. The molecule has 5 nitrogen and oxygen atoms in total. The van der Waals surface area contributed by atoms with Crippen molar-refractivity contribution in [1.82, 2.24) is 4.90 Å². The van der Waals surface area contributed by atoms with Gasteiger partial charge in [0.05, 0.1) is 12.6 Å². The molecular weight excluding hydrogens is 258 g/mol. The van der Waals surface area contributed by atoms with Crippen LogP contribution in [0.1, 0.15) is 52.4 Å². The highest BCUT2D eigenvalue weighted by Crippen LogP contribution is 2.41. The minimum atomic E-state index is -0.983. The molecule has 0 radical (unpaired) electrons. The zero-order chi connectivity index (χ0) is 14.8. The van der Waals surface area contributed by atoms with Crippen LogP contribution in [0.5, 0.6) is 0 Å². The molecule has 2 fully saturated rings. The van der Waals surface area contributed by atoms with E-state index >= 15 is 0 Å². The predicted octanol–water partition coefficient (Wildman–Crippen LogP) is 2.05. The maximum absolute atomic E-state index is 12.9. The summed E-state index contributed by atoms with van der Waals surface area (Å²) in [6, 6.07) is 0. The van der Waals surface area contributed by atoms with Gasteiger partial charge in [-0.2, -0.15) is 0 Å². The van der Waals surface area contributed by atoms with Crippen LogP contribution in [0, 0.1) is 5.41 Å². The molecule has 0 aromatic carbocycles. The Labute approximate surface area is 120 Å². The Bertz CT molecular complexity index is 376. The monoisotopic (exact) mass is 283 g/mol. The van der Waals surface area contributed by atoms with E-state index in [4.69, 9.17) is 9.84 Å². The standard InChI is InChI=1S/C15H25NO4/c1-3-15(7-5-4-6-8-15)14(19)16-9-11(2)20-12(10-16)13(17)18/h11-12H,3-10H2,1-2H3,(H,17,18)/t11-,12?/m1/s1. The summed E-state index contributed by atoms with van der Waals surface area (Å²) >= 11 is 0. The largest absolute Gasteiger partial charge is 0.479 e. The van der Waals surface area contributed by atoms with E-state index in [-0.39, 0.29) is 24.0 Å². The first-order valence-corrected chi connectivity index (χ1v) is 7.66. The van der Waals surface area contributed by atoms with Crippen molar-refractivity contribution in [3.05, 3.63) is 0 Å². The van der Waals surface area contributed by atoms with Crippen molar-refractivity contribution in [2.45, 2.75) is 64.6 Å². The van der Waals surface area contributed by atoms with Crippen molar-refractivity contribution in [1.29, 1.82) is 0 Å². The third-order valence-electron chi connectivity index (χ3n) is 4.76. The van der Waals surface area contributed by atoms with Gasteiger partial charge in [-0.15, -0.1) is 0 Å². The molecule has 2 aliphatic rings. The molecule has 1 saturated carbocycles. The molecule has 1 heterocycles. The van der Waals surface area contributed by atoms with Gasteiger partial charge in [-0.3, -0.25) is 4.79 Å². The number of ether oxygens (including phenoxy) is 1. The van der Waals surface area contributed by atoms with Crippen molar-refractivity contribution in [2.75, 3.05) is 13.1 Å². The van der Waals surface area contributed by atoms with Crippen LogP contribution in [0.4, 0.5) is 0 Å². The van der Waals surface area contributed by atoms with E-state index in [1.54, 1.807) is 4.90 Å². The summed E-state index contributed by atoms with van der Waals surface area (Å²) in [6.45, 7) is 4.58. The summed E-state index contributed by atoms with van der Waals surface area (Å²) in [5, 5.41) is 9.12. The van der Waals surface area contributed by atoms with Crippen molar-refractivity contribution in [3.63, 3.8) is 0 Å². The summed E-state index contributed by atoms with van der Waals surface area (Å²) in [5.41, 5.74) is -0.266. The van der Waals surface area contributed by atoms with Crippen LogP contribution in [-0.4, -0.2) is 47.2 Å². The number of morpholine rings is 1. The molecule has 0 bridgehead atoms. The minimum Gasteiger partial charge on any atom is -0.479 e. The van der Waals surface area contributed by atoms with Gasteiger partial charge >= 0.3 is 5.97 Å². The average Bonchev–Trinajstić information content (AvgIpc) is 2.46. The molecule has 1 unspecified atom stereocenters. The van der Waals surface area contributed by atoms with E-state index in [0.717, 1.165) is 32.1 Å². The molecule has 1 N–H and O–H groups in total. The number of hydrogen-bond acceptors (Lipinski definition) is 3. The number of amides is 1. The van der Waals surface area contributed by atoms with Crippen molar-refractivity contribution in [3.8, 4) is 0 Å². The van der Waals surface area contributed by atoms with Crippen LogP contribution in [0.25, 0.3) is 0 Å². The number of aliphatic carboxylic acids is 1. The number of nitrogens with zero attached hydrogens (tertiary/aromatic N) is 1. The third kappa shape index (κ3) is 2.97. The van der Waals surface area contributed by atoms with Crippen LogP contribution in [0.2, 0.25) is 0 Å². The maximum Gasteiger partial charge on any atom is 0.334 e. The average molecular weight is 283 g/mol. The van der Waals surface area contributed by atoms with Crippen LogP contribution in [0.15, 0.2) is 0 Å². The maximum atomic E-state index is 12.9. The molecule has 0 aromatic heterocycles. The lowest BCUT2D eigenvalue weighted by molar-refractivity contribution is -0.171. The highest BCUT2D eigenvalue weighted by molar-refractivity contribution is 5.84. The van der Waals surface area contributed by atoms with E-state index in [1.165, 1.54) is 6.42 Å². The Morgan fingerprint density at radius 1 is 1.25 bits per heavy atom. The molecular formula is C15H25NO4. The number of hydrogen-bond donors (Lipinski definition) is 1. The summed E-state index contributed by atoms with van der Waals surface area (Å²) in [4.78, 5) is 25.8. The highest BCUT2D eigenvalue weighted by atomic mass is 16.5. The molecule has 0 spiro atoms. The molecule has 1 saturated heterocycles. The molecule has 2 rings (SSSR count). The van der Waals surface area contributed by atoms with Crippen molar-refractivity contribution >= 4 is 11.9 Å². The smallest absolute Gasteiger partial charge is 0.334 e. The quantitative estimate of drug-likeness (QED) is 0.861. The lowest BCUT2D eigenvalue weighted by atomic mass is 9.71. The molecule has 1 aliphatic carbocycles. The lowest BCUT2D eigenvalue weighted by Crippen LogP contribution is -2.55. The molecule has 0 aromatic rings. The second kappa shape index (κ2) is 6.12. The van der Waals surface area contributed by atoms with Gasteiger partial charge in [-0.1, -0.05) is 26.2 Å². The van der Waals surface area contributed by atoms with Crippen LogP contribution in [-0.2, 0) is 14.3 Å². The summed E-state index contributed by atoms with van der Waals surface area (Å²) in [5.74, 6) is -0.843. The van der Waals surface area contributed by atoms with Gasteiger partial charge in [0.25, 0.3) is 0 Å². The Morgan fingerprint density at radius 2 is 1.90 bits per heavy atom. The van der Waals surface area contributed by atoms with E-state index in [1.807, 2.05) is 6.92 Å². The minimum absolute atomic E-state index is 0.140. The van der Waals surface area contributed by atoms with Crippen molar-refractivity contribution < 1.29 is 19.4 Å². The Morgan fingerprint density at radius 3 is 2.45 bits per heavy atom. The Hall–Kier alpha value is -1.10. The van der Waals surface area contributed by atoms with Crippen molar-refractivity contribution in [2.24, 2.45) is 5.41 Å². The summed E-state index contributed by atoms with van der Waals surface area (Å²) in [6.07, 6.45) is 5.01. The van der Waals surface area contributed by atoms with Crippen LogP contribution in [0.3, 0.4) is 0 Å². The lowest BCUT2D eigenvalue weighted by Gasteiger charge is -2.43. The second-order valence-electron chi connectivity index (χ2n) is 6.18. The first kappa shape index (κ1) is 15.3. The van der Waals surface area contributed by atoms with Gasteiger partial charge in [0.1, 0.15) is 0 Å². The number of carboxylic acid groups (broad SMARTS) is 1. The van der Waals surface area contributed by atoms with E-state index in [9.17, 15) is 9.59 Å². The van der Waals surface area contributed by atoms with E-state index < -0.39 is 12.1 Å². The van der Waals surface area contributed by atoms with Crippen LogP contribution >= 0.6 is 0 Å². The SMILES string of the molecule is CCC1(C(=O)N2CC(C(=O)O)O[C@H](C)C2)CCCCC1. The molecule has 1 aliphatic heterocycles. The highest BCUT2D eigenvalue weighted by Gasteiger charge is 2.43. The van der Waals surface area contributed by atoms with Crippen LogP contribution < -0.4 is 0 Å². The molecule has 5 heteroatoms. The van der Waals surface area contributed by atoms with Gasteiger partial charge in [-0.05, 0) is 26.2 Å². The predicted molar refractivity (Wildman–Crippen MR) is 74.4 cm³/mol. The Kier molecular flexibility index (Phi) is 4.68. The fourth-order valence-corrected chi connectivity index (χ4v) is 3.54. The number of rotatable bonds is 3. The second-order valence-corrected chi connectivity index (χ2v) is 6.18. The van der Waals surface area contributed by atoms with Gasteiger partial charge < -0.3 is 14.7 Å². The number of carbonyl (C=O) groups excluding carboxylic acids is 1. The molecule has 20 heavy (non-hydrogen) atoms. The zero-order valence-electron chi connectivity index (χ0n) is 12.4. The third-order valence-corrected chi connectivity index (χ3v) is 4.76. The fraction of sp³-hybridized carbons (Fsp3) is 0.867. The fourth-order valence-electron chi connectivity index (χ4n) is 3.54. The van der Waals surface area contributed by atoms with Gasteiger partial charge in [-0.25, -0.2) is 4.79 Å². The first-order valence-electron chi connectivity index (χ1n) is 7.66. The van der Waals surface area contributed by atoms with E-state index in [0.29, 0.717) is 6.54 Å². The van der Waals surface area contributed by atoms with Gasteiger partial charge in [0, 0.05) is 12.0 Å². The normalized spacial score (nSPS) is 30.0. The first-order chi connectivity index (χ1) is 9.48. The Balaban J connectivity index is 2.12. The topological polar surface area (TPSA) is 66.8 Å². The number of carbonyl (C=O) groups is 2.